The van der Waals surface area contributed by atoms with E-state index in [4.69, 9.17) is 5.73 Å². The number of benzene rings is 2. The predicted molar refractivity (Wildman–Crippen MR) is 188 cm³/mol. The van der Waals surface area contributed by atoms with Gasteiger partial charge in [0.1, 0.15) is 0 Å². The van der Waals surface area contributed by atoms with Gasteiger partial charge in [0, 0.05) is 100 Å². The van der Waals surface area contributed by atoms with E-state index in [1.165, 1.54) is 37.8 Å². The van der Waals surface area contributed by atoms with E-state index in [0.29, 0.717) is 23.3 Å². The van der Waals surface area contributed by atoms with Crippen molar-refractivity contribution in [3.8, 4) is 22.5 Å². The third kappa shape index (κ3) is 9.42. The van der Waals surface area contributed by atoms with Gasteiger partial charge in [-0.2, -0.15) is 0 Å². The molecule has 3 N–H and O–H groups in total. The number of rotatable bonds is 10. The first-order chi connectivity index (χ1) is 22.7. The Hall–Kier alpha value is -3.28. The molecule has 0 bridgehead atoms. The number of imidazole rings is 1. The first-order valence-corrected chi connectivity index (χ1v) is 17.2. The number of piperazine rings is 2. The van der Waals surface area contributed by atoms with Crippen molar-refractivity contribution in [2.24, 2.45) is 5.73 Å². The molecule has 0 radical (unpaired) electrons. The average molecular weight is 647 g/mol. The maximum atomic E-state index is 13.8. The summed E-state index contributed by atoms with van der Waals surface area (Å²) >= 11 is 0. The highest BCUT2D eigenvalue weighted by molar-refractivity contribution is 5.87. The standard InChI is InChI=1S/C28H31F2N5.C9H21N3/c1-19(2)35-12-10-34(11-13-35)9-3-4-20-14-23-15-21(6-8-26(23)31-17-20)27-28(33-18-32-27)22-5-7-24(29)25(30)16-22;1-9(2)12-7-5-11(4-3-10)6-8-12/h5-8,14-19H,3-4,9-13H2,1-2H3,(H,32,33);9H,3-8,10H2,1-2H3. The number of nitrogens with one attached hydrogen (secondary N) is 1. The fourth-order valence-electron chi connectivity index (χ4n) is 6.54. The molecule has 0 unspecified atom stereocenters. The van der Waals surface area contributed by atoms with Crippen LogP contribution < -0.4 is 5.73 Å². The molecule has 8 nitrogen and oxygen atoms in total. The van der Waals surface area contributed by atoms with Gasteiger partial charge in [-0.25, -0.2) is 13.8 Å². The molecule has 47 heavy (non-hydrogen) atoms. The van der Waals surface area contributed by atoms with Gasteiger partial charge in [0.25, 0.3) is 0 Å². The number of aryl methyl sites for hydroxylation is 1. The molecule has 4 aromatic rings. The summed E-state index contributed by atoms with van der Waals surface area (Å²) in [5, 5.41) is 1.05. The highest BCUT2D eigenvalue weighted by atomic mass is 19.2. The van der Waals surface area contributed by atoms with Crippen LogP contribution in [0.3, 0.4) is 0 Å². The minimum absolute atomic E-state index is 0.529. The summed E-state index contributed by atoms with van der Waals surface area (Å²) in [5.74, 6) is -1.75. The number of nitrogens with two attached hydrogens (primary N) is 1. The molecule has 2 fully saturated rings. The number of nitrogens with zero attached hydrogens (tertiary/aromatic N) is 6. The maximum Gasteiger partial charge on any atom is 0.159 e. The summed E-state index contributed by atoms with van der Waals surface area (Å²) in [6.45, 7) is 21.4. The van der Waals surface area contributed by atoms with Gasteiger partial charge >= 0.3 is 0 Å². The van der Waals surface area contributed by atoms with Crippen molar-refractivity contribution in [2.75, 3.05) is 72.0 Å². The number of aromatic nitrogens is 3. The monoisotopic (exact) mass is 646 g/mol. The molecule has 10 heteroatoms. The molecule has 0 atom stereocenters. The van der Waals surface area contributed by atoms with Crippen LogP contribution in [0.1, 0.15) is 39.7 Å². The molecule has 2 aromatic carbocycles. The summed E-state index contributed by atoms with van der Waals surface area (Å²) in [5.41, 5.74) is 10.5. The van der Waals surface area contributed by atoms with Crippen LogP contribution >= 0.6 is 0 Å². The van der Waals surface area contributed by atoms with E-state index in [9.17, 15) is 8.78 Å². The van der Waals surface area contributed by atoms with E-state index < -0.39 is 11.6 Å². The lowest BCUT2D eigenvalue weighted by Crippen LogP contribution is -2.49. The van der Waals surface area contributed by atoms with Crippen LogP contribution in [0.4, 0.5) is 8.78 Å². The minimum atomic E-state index is -0.884. The molecular formula is C37H52F2N8. The summed E-state index contributed by atoms with van der Waals surface area (Å²) in [6, 6.07) is 13.4. The molecule has 2 aliphatic rings. The zero-order valence-electron chi connectivity index (χ0n) is 28.6. The van der Waals surface area contributed by atoms with Gasteiger partial charge < -0.3 is 15.6 Å². The third-order valence-corrected chi connectivity index (χ3v) is 9.52. The molecule has 0 saturated carbocycles. The normalized spacial score (nSPS) is 17.0. The van der Waals surface area contributed by atoms with Gasteiger partial charge in [-0.1, -0.05) is 6.07 Å². The first kappa shape index (κ1) is 35.0. The van der Waals surface area contributed by atoms with Crippen LogP contribution in [0, 0.1) is 11.6 Å². The van der Waals surface area contributed by atoms with Gasteiger partial charge in [0.05, 0.1) is 23.2 Å². The lowest BCUT2D eigenvalue weighted by molar-refractivity contribution is 0.108. The minimum Gasteiger partial charge on any atom is -0.344 e. The molecule has 2 aliphatic heterocycles. The van der Waals surface area contributed by atoms with Crippen LogP contribution in [0.25, 0.3) is 33.4 Å². The summed E-state index contributed by atoms with van der Waals surface area (Å²) in [6.07, 6.45) is 5.64. The summed E-state index contributed by atoms with van der Waals surface area (Å²) in [7, 11) is 0. The van der Waals surface area contributed by atoms with E-state index in [-0.39, 0.29) is 0 Å². The van der Waals surface area contributed by atoms with Crippen molar-refractivity contribution in [3.63, 3.8) is 0 Å². The number of halogens is 2. The van der Waals surface area contributed by atoms with Crippen LogP contribution in [0.2, 0.25) is 0 Å². The van der Waals surface area contributed by atoms with Crippen molar-refractivity contribution in [3.05, 3.63) is 72.2 Å². The molecule has 0 aliphatic carbocycles. The molecule has 2 saturated heterocycles. The topological polar surface area (TPSA) is 80.5 Å². The Morgan fingerprint density at radius 3 is 2.00 bits per heavy atom. The zero-order chi connectivity index (χ0) is 33.3. The highest BCUT2D eigenvalue weighted by Crippen LogP contribution is 2.31. The molecule has 2 aromatic heterocycles. The third-order valence-electron chi connectivity index (χ3n) is 9.52. The Balaban J connectivity index is 0.000000305. The Morgan fingerprint density at radius 2 is 1.38 bits per heavy atom. The first-order valence-electron chi connectivity index (χ1n) is 17.2. The van der Waals surface area contributed by atoms with Gasteiger partial charge in [-0.3, -0.25) is 19.7 Å². The molecule has 0 spiro atoms. The van der Waals surface area contributed by atoms with Gasteiger partial charge in [-0.15, -0.1) is 0 Å². The average Bonchev–Trinajstić information content (AvgIpc) is 3.57. The van der Waals surface area contributed by atoms with Gasteiger partial charge in [-0.05, 0) is 89.0 Å². The number of aromatic amines is 1. The predicted octanol–water partition coefficient (Wildman–Crippen LogP) is 5.50. The Kier molecular flexibility index (Phi) is 12.5. The fraction of sp³-hybridized carbons (Fsp3) is 0.514. The zero-order valence-corrected chi connectivity index (χ0v) is 28.6. The number of hydrogen-bond acceptors (Lipinski definition) is 7. The summed E-state index contributed by atoms with van der Waals surface area (Å²) < 4.78 is 27.2. The molecule has 4 heterocycles. The van der Waals surface area contributed by atoms with E-state index in [2.05, 4.69) is 74.4 Å². The smallest absolute Gasteiger partial charge is 0.159 e. The maximum absolute atomic E-state index is 13.8. The van der Waals surface area contributed by atoms with Crippen LogP contribution in [0.5, 0.6) is 0 Å². The van der Waals surface area contributed by atoms with Gasteiger partial charge in [0.15, 0.2) is 11.6 Å². The second-order valence-corrected chi connectivity index (χ2v) is 13.3. The van der Waals surface area contributed by atoms with Crippen molar-refractivity contribution in [1.29, 1.82) is 0 Å². The lowest BCUT2D eigenvalue weighted by atomic mass is 10.0. The van der Waals surface area contributed by atoms with E-state index in [0.717, 1.165) is 86.9 Å². The highest BCUT2D eigenvalue weighted by Gasteiger charge is 2.19. The van der Waals surface area contributed by atoms with Crippen molar-refractivity contribution in [2.45, 2.75) is 52.6 Å². The second-order valence-electron chi connectivity index (χ2n) is 13.3. The fourth-order valence-corrected chi connectivity index (χ4v) is 6.54. The number of hydrogen-bond donors (Lipinski definition) is 2. The number of H-pyrrole nitrogens is 1. The summed E-state index contributed by atoms with van der Waals surface area (Å²) in [4.78, 5) is 22.2. The van der Waals surface area contributed by atoms with Crippen LogP contribution in [-0.4, -0.2) is 119 Å². The Labute approximate surface area is 279 Å². The van der Waals surface area contributed by atoms with Crippen LogP contribution in [-0.2, 0) is 6.42 Å². The number of fused-ring (bicyclic) bond motifs is 1. The Bertz CT molecular complexity index is 1560. The second kappa shape index (κ2) is 16.7. The molecule has 0 amide bonds. The largest absolute Gasteiger partial charge is 0.344 e. The quantitative estimate of drug-likeness (QED) is 0.236. The van der Waals surface area contributed by atoms with E-state index >= 15 is 0 Å². The van der Waals surface area contributed by atoms with E-state index in [1.807, 2.05) is 18.3 Å². The molecule has 254 valence electrons. The Morgan fingerprint density at radius 1 is 0.745 bits per heavy atom. The molecule has 6 rings (SSSR count). The number of pyridine rings is 1. The van der Waals surface area contributed by atoms with Crippen molar-refractivity contribution < 1.29 is 8.78 Å². The molecular weight excluding hydrogens is 594 g/mol. The van der Waals surface area contributed by atoms with E-state index in [1.54, 1.807) is 12.4 Å². The van der Waals surface area contributed by atoms with Crippen molar-refractivity contribution in [1.82, 2.24) is 34.6 Å². The SMILES string of the molecule is CC(C)N1CCN(CCCc2cnc3ccc(-c4[nH]cnc4-c4ccc(F)c(F)c4)cc3c2)CC1.CC(C)N1CCN(CCN)CC1. The van der Waals surface area contributed by atoms with Gasteiger partial charge in [0.2, 0.25) is 0 Å². The van der Waals surface area contributed by atoms with Crippen LogP contribution in [0.15, 0.2) is 55.0 Å². The lowest BCUT2D eigenvalue weighted by Gasteiger charge is -2.36. The van der Waals surface area contributed by atoms with Crippen molar-refractivity contribution >= 4 is 10.9 Å².